The first-order valence-corrected chi connectivity index (χ1v) is 5.69. The van der Waals surface area contributed by atoms with Gasteiger partial charge in [-0.05, 0) is 19.1 Å². The number of halogens is 1. The lowest BCUT2D eigenvalue weighted by Gasteiger charge is -2.15. The van der Waals surface area contributed by atoms with Crippen LogP contribution in [0.4, 0.5) is 10.1 Å². The molecule has 1 heterocycles. The summed E-state index contributed by atoms with van der Waals surface area (Å²) < 4.78 is 20.4. The second-order valence-corrected chi connectivity index (χ2v) is 4.16. The van der Waals surface area contributed by atoms with Crippen molar-refractivity contribution in [1.82, 2.24) is 9.78 Å². The smallest absolute Gasteiger partial charge is 0.146 e. The Kier molecular flexibility index (Phi) is 3.50. The molecule has 1 N–H and O–H groups in total. The predicted octanol–water partition coefficient (Wildman–Crippen LogP) is 2.74. The maximum Gasteiger partial charge on any atom is 0.146 e. The second kappa shape index (κ2) is 5.08. The zero-order valence-electron chi connectivity index (χ0n) is 10.6. The third-order valence-corrected chi connectivity index (χ3v) is 2.77. The van der Waals surface area contributed by atoms with E-state index in [1.807, 2.05) is 20.2 Å². The fourth-order valence-corrected chi connectivity index (χ4v) is 1.72. The molecule has 96 valence electrons. The summed E-state index contributed by atoms with van der Waals surface area (Å²) >= 11 is 0. The van der Waals surface area contributed by atoms with Crippen molar-refractivity contribution in [2.45, 2.75) is 13.0 Å². The molecule has 5 heteroatoms. The second-order valence-electron chi connectivity index (χ2n) is 4.16. The molecule has 2 rings (SSSR count). The Labute approximate surface area is 105 Å². The summed E-state index contributed by atoms with van der Waals surface area (Å²) in [4.78, 5) is 0. The largest absolute Gasteiger partial charge is 0.497 e. The van der Waals surface area contributed by atoms with Gasteiger partial charge in [-0.1, -0.05) is 0 Å². The number of methoxy groups -OCH3 is 1. The van der Waals surface area contributed by atoms with E-state index in [1.54, 1.807) is 30.1 Å². The van der Waals surface area contributed by atoms with Crippen LogP contribution in [0.15, 0.2) is 30.6 Å². The van der Waals surface area contributed by atoms with Gasteiger partial charge in [-0.2, -0.15) is 5.10 Å². The fourth-order valence-electron chi connectivity index (χ4n) is 1.72. The van der Waals surface area contributed by atoms with Crippen LogP contribution in [0.3, 0.4) is 0 Å². The molecule has 1 atom stereocenters. The summed E-state index contributed by atoms with van der Waals surface area (Å²) in [7, 11) is 3.41. The van der Waals surface area contributed by atoms with Crippen molar-refractivity contribution in [2.75, 3.05) is 12.4 Å². The quantitative estimate of drug-likeness (QED) is 0.905. The molecular formula is C13H16FN3O. The van der Waals surface area contributed by atoms with Crippen LogP contribution in [0.1, 0.15) is 18.5 Å². The van der Waals surface area contributed by atoms with Crippen molar-refractivity contribution in [2.24, 2.45) is 7.05 Å². The van der Waals surface area contributed by atoms with Crippen LogP contribution in [-0.4, -0.2) is 16.9 Å². The van der Waals surface area contributed by atoms with Crippen LogP contribution in [0.5, 0.6) is 5.75 Å². The standard InChI is InChI=1S/C13H16FN3O/c1-9(10-7-15-17(2)8-10)16-13-6-11(18-3)4-5-12(13)14/h4-9,16H,1-3H3. The highest BCUT2D eigenvalue weighted by molar-refractivity contribution is 5.51. The lowest BCUT2D eigenvalue weighted by Crippen LogP contribution is -2.07. The van der Waals surface area contributed by atoms with E-state index >= 15 is 0 Å². The first-order chi connectivity index (χ1) is 8.60. The van der Waals surface area contributed by atoms with Gasteiger partial charge in [-0.25, -0.2) is 4.39 Å². The third kappa shape index (κ3) is 2.61. The first kappa shape index (κ1) is 12.4. The topological polar surface area (TPSA) is 39.1 Å². The van der Waals surface area contributed by atoms with Crippen LogP contribution in [0.25, 0.3) is 0 Å². The number of ether oxygens (including phenoxy) is 1. The molecule has 0 saturated heterocycles. The van der Waals surface area contributed by atoms with Crippen LogP contribution in [-0.2, 0) is 7.05 Å². The summed E-state index contributed by atoms with van der Waals surface area (Å²) in [5.41, 5.74) is 1.42. The molecule has 1 unspecified atom stereocenters. The van der Waals surface area contributed by atoms with Crippen LogP contribution in [0.2, 0.25) is 0 Å². The van der Waals surface area contributed by atoms with Gasteiger partial charge in [0, 0.05) is 24.9 Å². The van der Waals surface area contributed by atoms with E-state index in [-0.39, 0.29) is 11.9 Å². The monoisotopic (exact) mass is 249 g/mol. The number of nitrogens with one attached hydrogen (secondary N) is 1. The van der Waals surface area contributed by atoms with Crippen molar-refractivity contribution in [1.29, 1.82) is 0 Å². The molecule has 0 fully saturated rings. The number of hydrogen-bond donors (Lipinski definition) is 1. The number of aryl methyl sites for hydroxylation is 1. The molecule has 18 heavy (non-hydrogen) atoms. The van der Waals surface area contributed by atoms with E-state index in [1.165, 1.54) is 6.07 Å². The number of nitrogens with zero attached hydrogens (tertiary/aromatic N) is 2. The van der Waals surface area contributed by atoms with Crippen LogP contribution < -0.4 is 10.1 Å². The van der Waals surface area contributed by atoms with Gasteiger partial charge in [-0.3, -0.25) is 4.68 Å². The maximum atomic E-state index is 13.6. The lowest BCUT2D eigenvalue weighted by atomic mass is 10.1. The zero-order chi connectivity index (χ0) is 13.1. The molecule has 0 spiro atoms. The molecule has 2 aromatic rings. The van der Waals surface area contributed by atoms with Gasteiger partial charge in [-0.15, -0.1) is 0 Å². The van der Waals surface area contributed by atoms with E-state index in [0.717, 1.165) is 5.56 Å². The Balaban J connectivity index is 2.18. The minimum atomic E-state index is -0.299. The molecule has 1 aromatic carbocycles. The summed E-state index contributed by atoms with van der Waals surface area (Å²) in [6, 6.07) is 4.59. The van der Waals surface area contributed by atoms with Gasteiger partial charge in [0.2, 0.25) is 0 Å². The summed E-state index contributed by atoms with van der Waals surface area (Å²) in [5.74, 6) is 0.323. The summed E-state index contributed by atoms with van der Waals surface area (Å²) in [6.07, 6.45) is 3.66. The molecule has 0 bridgehead atoms. The average molecular weight is 249 g/mol. The molecule has 0 aliphatic carbocycles. The van der Waals surface area contributed by atoms with Gasteiger partial charge >= 0.3 is 0 Å². The van der Waals surface area contributed by atoms with E-state index < -0.39 is 0 Å². The molecule has 1 aromatic heterocycles. The van der Waals surface area contributed by atoms with Crippen molar-refractivity contribution in [3.63, 3.8) is 0 Å². The highest BCUT2D eigenvalue weighted by Crippen LogP contribution is 2.25. The maximum absolute atomic E-state index is 13.6. The lowest BCUT2D eigenvalue weighted by molar-refractivity contribution is 0.414. The van der Waals surface area contributed by atoms with Crippen LogP contribution in [0, 0.1) is 5.82 Å². The fraction of sp³-hybridized carbons (Fsp3) is 0.308. The van der Waals surface area contributed by atoms with Gasteiger partial charge < -0.3 is 10.1 Å². The Morgan fingerprint density at radius 2 is 2.22 bits per heavy atom. The van der Waals surface area contributed by atoms with Gasteiger partial charge in [0.15, 0.2) is 0 Å². The Morgan fingerprint density at radius 1 is 1.44 bits per heavy atom. The number of hydrogen-bond acceptors (Lipinski definition) is 3. The molecule has 0 aliphatic heterocycles. The summed E-state index contributed by atoms with van der Waals surface area (Å²) in [6.45, 7) is 1.95. The predicted molar refractivity (Wildman–Crippen MR) is 68.2 cm³/mol. The summed E-state index contributed by atoms with van der Waals surface area (Å²) in [5, 5.41) is 7.20. The SMILES string of the molecule is COc1ccc(F)c(NC(C)c2cnn(C)c2)c1. The highest BCUT2D eigenvalue weighted by Gasteiger charge is 2.10. The van der Waals surface area contributed by atoms with E-state index in [9.17, 15) is 4.39 Å². The van der Waals surface area contributed by atoms with Crippen molar-refractivity contribution in [3.05, 3.63) is 42.0 Å². The van der Waals surface area contributed by atoms with Gasteiger partial charge in [0.25, 0.3) is 0 Å². The zero-order valence-corrected chi connectivity index (χ0v) is 10.6. The average Bonchev–Trinajstić information content (AvgIpc) is 2.79. The molecule has 0 amide bonds. The minimum Gasteiger partial charge on any atom is -0.497 e. The first-order valence-electron chi connectivity index (χ1n) is 5.69. The minimum absolute atomic E-state index is 0.0275. The Morgan fingerprint density at radius 3 is 2.83 bits per heavy atom. The molecule has 0 aliphatic rings. The molecular weight excluding hydrogens is 233 g/mol. The molecule has 4 nitrogen and oxygen atoms in total. The van der Waals surface area contributed by atoms with E-state index in [4.69, 9.17) is 4.74 Å². The Bertz CT molecular complexity index is 539. The van der Waals surface area contributed by atoms with Crippen molar-refractivity contribution in [3.8, 4) is 5.75 Å². The van der Waals surface area contributed by atoms with Crippen molar-refractivity contribution < 1.29 is 9.13 Å². The van der Waals surface area contributed by atoms with E-state index in [2.05, 4.69) is 10.4 Å². The van der Waals surface area contributed by atoms with E-state index in [0.29, 0.717) is 11.4 Å². The molecule has 0 radical (unpaired) electrons. The van der Waals surface area contributed by atoms with Gasteiger partial charge in [0.05, 0.1) is 25.0 Å². The van der Waals surface area contributed by atoms with Gasteiger partial charge in [0.1, 0.15) is 11.6 Å². The number of benzene rings is 1. The number of aromatic nitrogens is 2. The normalized spacial score (nSPS) is 12.2. The third-order valence-electron chi connectivity index (χ3n) is 2.77. The van der Waals surface area contributed by atoms with Crippen molar-refractivity contribution >= 4 is 5.69 Å². The highest BCUT2D eigenvalue weighted by atomic mass is 19.1. The number of rotatable bonds is 4. The molecule has 0 saturated carbocycles. The Hall–Kier alpha value is -2.04. The number of anilines is 1. The van der Waals surface area contributed by atoms with Crippen LogP contribution >= 0.6 is 0 Å².